The summed E-state index contributed by atoms with van der Waals surface area (Å²) in [5.74, 6) is 0.501. The van der Waals surface area contributed by atoms with Gasteiger partial charge in [-0.2, -0.15) is 5.26 Å². The average Bonchev–Trinajstić information content (AvgIpc) is 2.48. The highest BCUT2D eigenvalue weighted by atomic mass is 16.1. The molecule has 1 aromatic rings. The fourth-order valence-electron chi connectivity index (χ4n) is 2.85. The number of hydrogen-bond acceptors (Lipinski definition) is 3. The number of aromatic nitrogens is 1. The zero-order valence-corrected chi connectivity index (χ0v) is 12.1. The molecule has 0 unspecified atom stereocenters. The highest BCUT2D eigenvalue weighted by molar-refractivity contribution is 5.95. The van der Waals surface area contributed by atoms with E-state index in [0.717, 1.165) is 32.1 Å². The number of pyridine rings is 1. The third kappa shape index (κ3) is 2.98. The smallest absolute Gasteiger partial charge is 0.254 e. The molecule has 0 atom stereocenters. The lowest BCUT2D eigenvalue weighted by Gasteiger charge is -2.35. The molecule has 4 heteroatoms. The molecule has 20 heavy (non-hydrogen) atoms. The Labute approximate surface area is 120 Å². The van der Waals surface area contributed by atoms with Gasteiger partial charge in [-0.05, 0) is 50.7 Å². The van der Waals surface area contributed by atoms with Crippen molar-refractivity contribution >= 4 is 5.91 Å². The van der Waals surface area contributed by atoms with E-state index < -0.39 is 5.54 Å². The zero-order chi connectivity index (χ0) is 14.6. The molecule has 0 aliphatic heterocycles. The summed E-state index contributed by atoms with van der Waals surface area (Å²) in [6.07, 6.45) is 6.32. The molecule has 0 aromatic carbocycles. The van der Waals surface area contributed by atoms with Crippen LogP contribution in [0.1, 0.15) is 55.1 Å². The maximum absolute atomic E-state index is 12.3. The SMILES string of the molecule is CCC1CCC(C#N)(NC(=O)c2cccnc2C)CC1. The van der Waals surface area contributed by atoms with E-state index in [-0.39, 0.29) is 5.91 Å². The molecule has 106 valence electrons. The standard InChI is InChI=1S/C16H21N3O/c1-3-13-6-8-16(11-17,9-7-13)19-15(20)14-5-4-10-18-12(14)2/h4-5,10,13H,3,6-9H2,1-2H3,(H,19,20). The number of aryl methyl sites for hydroxylation is 1. The van der Waals surface area contributed by atoms with Crippen molar-refractivity contribution in [2.75, 3.05) is 0 Å². The molecule has 1 N–H and O–H groups in total. The topological polar surface area (TPSA) is 65.8 Å². The van der Waals surface area contributed by atoms with Gasteiger partial charge in [0.05, 0.1) is 11.6 Å². The van der Waals surface area contributed by atoms with E-state index in [0.29, 0.717) is 17.2 Å². The lowest BCUT2D eigenvalue weighted by molar-refractivity contribution is 0.0890. The van der Waals surface area contributed by atoms with Crippen molar-refractivity contribution in [2.24, 2.45) is 5.92 Å². The Hall–Kier alpha value is -1.89. The Morgan fingerprint density at radius 1 is 1.55 bits per heavy atom. The van der Waals surface area contributed by atoms with Crippen LogP contribution in [0.5, 0.6) is 0 Å². The first kappa shape index (κ1) is 14.5. The summed E-state index contributed by atoms with van der Waals surface area (Å²) in [6.45, 7) is 3.99. The quantitative estimate of drug-likeness (QED) is 0.919. The summed E-state index contributed by atoms with van der Waals surface area (Å²) in [7, 11) is 0. The Kier molecular flexibility index (Phi) is 4.39. The van der Waals surface area contributed by atoms with Crippen molar-refractivity contribution in [3.05, 3.63) is 29.6 Å². The Morgan fingerprint density at radius 3 is 2.80 bits per heavy atom. The highest BCUT2D eigenvalue weighted by Gasteiger charge is 2.36. The van der Waals surface area contributed by atoms with Crippen molar-refractivity contribution in [3.63, 3.8) is 0 Å². The first-order chi connectivity index (χ1) is 9.60. The van der Waals surface area contributed by atoms with Gasteiger partial charge in [-0.3, -0.25) is 9.78 Å². The van der Waals surface area contributed by atoms with E-state index in [1.54, 1.807) is 18.3 Å². The third-order valence-corrected chi connectivity index (χ3v) is 4.35. The number of carbonyl (C=O) groups is 1. The number of hydrogen-bond donors (Lipinski definition) is 1. The first-order valence-corrected chi connectivity index (χ1v) is 7.25. The highest BCUT2D eigenvalue weighted by Crippen LogP contribution is 2.33. The third-order valence-electron chi connectivity index (χ3n) is 4.35. The number of rotatable bonds is 3. The fraction of sp³-hybridized carbons (Fsp3) is 0.562. The van der Waals surface area contributed by atoms with Crippen LogP contribution in [0.25, 0.3) is 0 Å². The number of nitrogens with zero attached hydrogens (tertiary/aromatic N) is 2. The van der Waals surface area contributed by atoms with Gasteiger partial charge in [-0.25, -0.2) is 0 Å². The molecule has 1 aromatic heterocycles. The summed E-state index contributed by atoms with van der Waals surface area (Å²) >= 11 is 0. The Balaban J connectivity index is 2.10. The summed E-state index contributed by atoms with van der Waals surface area (Å²) in [4.78, 5) is 16.5. The van der Waals surface area contributed by atoms with E-state index in [2.05, 4.69) is 23.3 Å². The van der Waals surface area contributed by atoms with E-state index in [1.807, 2.05) is 6.92 Å². The molecule has 1 amide bonds. The van der Waals surface area contributed by atoms with Crippen LogP contribution in [-0.4, -0.2) is 16.4 Å². The summed E-state index contributed by atoms with van der Waals surface area (Å²) in [6, 6.07) is 5.83. The van der Waals surface area contributed by atoms with Crippen molar-refractivity contribution in [2.45, 2.75) is 51.5 Å². The molecule has 1 heterocycles. The molecule has 0 saturated heterocycles. The Morgan fingerprint density at radius 2 is 2.25 bits per heavy atom. The van der Waals surface area contributed by atoms with Gasteiger partial charge in [0.1, 0.15) is 5.54 Å². The van der Waals surface area contributed by atoms with E-state index in [1.165, 1.54) is 0 Å². The number of nitriles is 1. The van der Waals surface area contributed by atoms with Crippen molar-refractivity contribution < 1.29 is 4.79 Å². The minimum atomic E-state index is -0.703. The summed E-state index contributed by atoms with van der Waals surface area (Å²) < 4.78 is 0. The van der Waals surface area contributed by atoms with Gasteiger partial charge < -0.3 is 5.32 Å². The predicted molar refractivity (Wildman–Crippen MR) is 77.0 cm³/mol. The molecule has 2 rings (SSSR count). The number of amides is 1. The van der Waals surface area contributed by atoms with Gasteiger partial charge in [-0.1, -0.05) is 13.3 Å². The molecule has 4 nitrogen and oxygen atoms in total. The largest absolute Gasteiger partial charge is 0.334 e. The maximum Gasteiger partial charge on any atom is 0.254 e. The van der Waals surface area contributed by atoms with E-state index in [4.69, 9.17) is 0 Å². The summed E-state index contributed by atoms with van der Waals surface area (Å²) in [5, 5.41) is 12.4. The van der Waals surface area contributed by atoms with Crippen molar-refractivity contribution in [1.29, 1.82) is 5.26 Å². The molecule has 1 fully saturated rings. The van der Waals surface area contributed by atoms with E-state index >= 15 is 0 Å². The molecular weight excluding hydrogens is 250 g/mol. The van der Waals surface area contributed by atoms with Gasteiger partial charge >= 0.3 is 0 Å². The zero-order valence-electron chi connectivity index (χ0n) is 12.1. The van der Waals surface area contributed by atoms with Crippen molar-refractivity contribution in [3.8, 4) is 6.07 Å². The minimum Gasteiger partial charge on any atom is -0.334 e. The first-order valence-electron chi connectivity index (χ1n) is 7.25. The lowest BCUT2D eigenvalue weighted by atomic mass is 9.76. The van der Waals surface area contributed by atoms with Gasteiger partial charge in [-0.15, -0.1) is 0 Å². The molecule has 1 saturated carbocycles. The van der Waals surface area contributed by atoms with Crippen LogP contribution in [-0.2, 0) is 0 Å². The lowest BCUT2D eigenvalue weighted by Crippen LogP contribution is -2.49. The van der Waals surface area contributed by atoms with E-state index in [9.17, 15) is 10.1 Å². The Bertz CT molecular complexity index is 525. The molecular formula is C16H21N3O. The van der Waals surface area contributed by atoms with Crippen LogP contribution >= 0.6 is 0 Å². The van der Waals surface area contributed by atoms with Gasteiger partial charge in [0.15, 0.2) is 0 Å². The van der Waals surface area contributed by atoms with Crippen LogP contribution in [0, 0.1) is 24.2 Å². The number of carbonyl (C=O) groups excluding carboxylic acids is 1. The molecule has 1 aliphatic carbocycles. The van der Waals surface area contributed by atoms with Gasteiger partial charge in [0, 0.05) is 11.9 Å². The molecule has 0 radical (unpaired) electrons. The molecule has 0 bridgehead atoms. The summed E-state index contributed by atoms with van der Waals surface area (Å²) in [5.41, 5.74) is 0.547. The second-order valence-electron chi connectivity index (χ2n) is 5.64. The van der Waals surface area contributed by atoms with Crippen LogP contribution in [0.3, 0.4) is 0 Å². The normalized spacial score (nSPS) is 25.8. The second kappa shape index (κ2) is 6.04. The van der Waals surface area contributed by atoms with Crippen LogP contribution in [0.15, 0.2) is 18.3 Å². The number of nitrogens with one attached hydrogen (secondary N) is 1. The van der Waals surface area contributed by atoms with Crippen molar-refractivity contribution in [1.82, 2.24) is 10.3 Å². The predicted octanol–water partition coefficient (Wildman–Crippen LogP) is 2.98. The fourth-order valence-corrected chi connectivity index (χ4v) is 2.85. The minimum absolute atomic E-state index is 0.188. The van der Waals surface area contributed by atoms with Crippen LogP contribution in [0.2, 0.25) is 0 Å². The van der Waals surface area contributed by atoms with Crippen LogP contribution in [0.4, 0.5) is 0 Å². The van der Waals surface area contributed by atoms with Crippen LogP contribution < -0.4 is 5.32 Å². The second-order valence-corrected chi connectivity index (χ2v) is 5.64. The van der Waals surface area contributed by atoms with Gasteiger partial charge in [0.2, 0.25) is 0 Å². The maximum atomic E-state index is 12.3. The van der Waals surface area contributed by atoms with Gasteiger partial charge in [0.25, 0.3) is 5.91 Å². The molecule has 0 spiro atoms. The monoisotopic (exact) mass is 271 g/mol. The molecule has 1 aliphatic rings. The average molecular weight is 271 g/mol.